The number of nitrogens with zero attached hydrogens (tertiary/aromatic N) is 1. The third kappa shape index (κ3) is 4.99. The molecule has 1 aromatic heterocycles. The molecule has 0 aliphatic heterocycles. The molecule has 3 aromatic rings. The van der Waals surface area contributed by atoms with Crippen LogP contribution >= 0.6 is 11.3 Å². The Morgan fingerprint density at radius 3 is 2.56 bits per heavy atom. The summed E-state index contributed by atoms with van der Waals surface area (Å²) in [6, 6.07) is 17.0. The molecule has 6 heteroatoms. The van der Waals surface area contributed by atoms with Gasteiger partial charge in [0.25, 0.3) is 5.91 Å². The number of nitrogens with one attached hydrogen (secondary N) is 1. The maximum atomic E-state index is 12.8. The SMILES string of the molecule is O=C(NN=Cc1ccc(OCc2ccc(F)cc2)cc1)c1cccs1. The van der Waals surface area contributed by atoms with Gasteiger partial charge in [-0.2, -0.15) is 5.10 Å². The van der Waals surface area contributed by atoms with E-state index >= 15 is 0 Å². The van der Waals surface area contributed by atoms with Gasteiger partial charge < -0.3 is 4.74 Å². The van der Waals surface area contributed by atoms with Crippen LogP contribution in [0.2, 0.25) is 0 Å². The van der Waals surface area contributed by atoms with Gasteiger partial charge >= 0.3 is 0 Å². The molecule has 25 heavy (non-hydrogen) atoms. The highest BCUT2D eigenvalue weighted by Gasteiger charge is 2.03. The standard InChI is InChI=1S/C19H15FN2O2S/c20-16-7-3-15(4-8-16)13-24-17-9-5-14(6-10-17)12-21-22-19(23)18-2-1-11-25-18/h1-12H,13H2,(H,22,23). The van der Waals surface area contributed by atoms with Crippen LogP contribution in [0.1, 0.15) is 20.8 Å². The Kier molecular flexibility index (Phi) is 5.53. The number of hydrogen-bond donors (Lipinski definition) is 1. The summed E-state index contributed by atoms with van der Waals surface area (Å²) in [4.78, 5) is 12.3. The van der Waals surface area contributed by atoms with E-state index in [4.69, 9.17) is 4.74 Å². The molecule has 0 aliphatic rings. The maximum absolute atomic E-state index is 12.8. The first-order chi connectivity index (χ1) is 12.2. The summed E-state index contributed by atoms with van der Waals surface area (Å²) >= 11 is 1.36. The number of hydrogen-bond acceptors (Lipinski definition) is 4. The second-order valence-electron chi connectivity index (χ2n) is 5.16. The van der Waals surface area contributed by atoms with Crippen molar-refractivity contribution >= 4 is 23.5 Å². The van der Waals surface area contributed by atoms with E-state index in [1.54, 1.807) is 24.4 Å². The van der Waals surface area contributed by atoms with Crippen molar-refractivity contribution in [1.29, 1.82) is 0 Å². The highest BCUT2D eigenvalue weighted by atomic mass is 32.1. The van der Waals surface area contributed by atoms with Crippen molar-refractivity contribution in [3.05, 3.63) is 87.9 Å². The summed E-state index contributed by atoms with van der Waals surface area (Å²) in [7, 11) is 0. The van der Waals surface area contributed by atoms with Crippen molar-refractivity contribution in [1.82, 2.24) is 5.43 Å². The van der Waals surface area contributed by atoms with Crippen LogP contribution in [0, 0.1) is 5.82 Å². The van der Waals surface area contributed by atoms with Gasteiger partial charge in [-0.15, -0.1) is 11.3 Å². The molecule has 0 radical (unpaired) electrons. The monoisotopic (exact) mass is 354 g/mol. The zero-order valence-corrected chi connectivity index (χ0v) is 14.0. The quantitative estimate of drug-likeness (QED) is 0.532. The van der Waals surface area contributed by atoms with Crippen molar-refractivity contribution in [3.63, 3.8) is 0 Å². The number of ether oxygens (including phenoxy) is 1. The highest BCUT2D eigenvalue weighted by Crippen LogP contribution is 2.14. The van der Waals surface area contributed by atoms with E-state index in [9.17, 15) is 9.18 Å². The third-order valence-corrected chi connectivity index (χ3v) is 4.19. The van der Waals surface area contributed by atoms with E-state index in [-0.39, 0.29) is 11.7 Å². The molecule has 1 amide bonds. The summed E-state index contributed by atoms with van der Waals surface area (Å²) in [5.41, 5.74) is 4.20. The number of hydrazone groups is 1. The van der Waals surface area contributed by atoms with Gasteiger partial charge in [0.2, 0.25) is 0 Å². The zero-order valence-electron chi connectivity index (χ0n) is 13.2. The number of carbonyl (C=O) groups excluding carboxylic acids is 1. The number of carbonyl (C=O) groups is 1. The van der Waals surface area contributed by atoms with E-state index in [0.717, 1.165) is 11.1 Å². The average molecular weight is 354 g/mol. The fraction of sp³-hybridized carbons (Fsp3) is 0.0526. The predicted octanol–water partition coefficient (Wildman–Crippen LogP) is 4.23. The average Bonchev–Trinajstić information content (AvgIpc) is 3.17. The molecule has 1 N–H and O–H groups in total. The molecule has 0 atom stereocenters. The first kappa shape index (κ1) is 16.9. The molecular weight excluding hydrogens is 339 g/mol. The highest BCUT2D eigenvalue weighted by molar-refractivity contribution is 7.12. The number of rotatable bonds is 6. The summed E-state index contributed by atoms with van der Waals surface area (Å²) in [5, 5.41) is 5.77. The Morgan fingerprint density at radius 2 is 1.88 bits per heavy atom. The van der Waals surface area contributed by atoms with Crippen LogP contribution < -0.4 is 10.2 Å². The molecule has 2 aromatic carbocycles. The normalized spacial score (nSPS) is 10.8. The Labute approximate surface area is 148 Å². The van der Waals surface area contributed by atoms with E-state index in [1.165, 1.54) is 23.5 Å². The summed E-state index contributed by atoms with van der Waals surface area (Å²) in [6.07, 6.45) is 1.56. The van der Waals surface area contributed by atoms with Crippen LogP contribution in [0.5, 0.6) is 5.75 Å². The van der Waals surface area contributed by atoms with E-state index in [1.807, 2.05) is 35.7 Å². The Balaban J connectivity index is 1.50. The second-order valence-corrected chi connectivity index (χ2v) is 6.11. The number of thiophene rings is 1. The summed E-state index contributed by atoms with van der Waals surface area (Å²) in [5.74, 6) is 0.202. The molecule has 3 rings (SSSR count). The van der Waals surface area contributed by atoms with Crippen molar-refractivity contribution < 1.29 is 13.9 Å². The fourth-order valence-electron chi connectivity index (χ4n) is 2.03. The summed E-state index contributed by atoms with van der Waals surface area (Å²) < 4.78 is 18.5. The van der Waals surface area contributed by atoms with Gasteiger partial charge in [-0.05, 0) is 59.0 Å². The molecular formula is C19H15FN2O2S. The molecule has 1 heterocycles. The van der Waals surface area contributed by atoms with Gasteiger partial charge in [0.15, 0.2) is 0 Å². The minimum Gasteiger partial charge on any atom is -0.489 e. The first-order valence-corrected chi connectivity index (χ1v) is 8.43. The molecule has 0 saturated heterocycles. The number of amides is 1. The lowest BCUT2D eigenvalue weighted by Gasteiger charge is -2.06. The predicted molar refractivity (Wildman–Crippen MR) is 96.6 cm³/mol. The van der Waals surface area contributed by atoms with Crippen molar-refractivity contribution in [2.24, 2.45) is 5.10 Å². The topological polar surface area (TPSA) is 50.7 Å². The molecule has 126 valence electrons. The van der Waals surface area contributed by atoms with Crippen molar-refractivity contribution in [2.75, 3.05) is 0 Å². The fourth-order valence-corrected chi connectivity index (χ4v) is 2.64. The molecule has 0 saturated carbocycles. The van der Waals surface area contributed by atoms with Gasteiger partial charge in [0.05, 0.1) is 11.1 Å². The van der Waals surface area contributed by atoms with Crippen LogP contribution in [0.3, 0.4) is 0 Å². The summed E-state index contributed by atoms with van der Waals surface area (Å²) in [6.45, 7) is 0.366. The third-order valence-electron chi connectivity index (χ3n) is 3.32. The molecule has 4 nitrogen and oxygen atoms in total. The zero-order chi connectivity index (χ0) is 17.5. The molecule has 0 fully saturated rings. The molecule has 0 aliphatic carbocycles. The largest absolute Gasteiger partial charge is 0.489 e. The van der Waals surface area contributed by atoms with E-state index in [2.05, 4.69) is 10.5 Å². The maximum Gasteiger partial charge on any atom is 0.281 e. The smallest absolute Gasteiger partial charge is 0.281 e. The minimum absolute atomic E-state index is 0.231. The Morgan fingerprint density at radius 1 is 1.12 bits per heavy atom. The number of benzene rings is 2. The van der Waals surface area contributed by atoms with Gasteiger partial charge in [-0.1, -0.05) is 18.2 Å². The van der Waals surface area contributed by atoms with Crippen LogP contribution in [0.25, 0.3) is 0 Å². The van der Waals surface area contributed by atoms with Gasteiger partial charge in [0.1, 0.15) is 18.2 Å². The Bertz CT molecular complexity index is 844. The lowest BCUT2D eigenvalue weighted by molar-refractivity contribution is 0.0959. The van der Waals surface area contributed by atoms with Crippen LogP contribution in [0.4, 0.5) is 4.39 Å². The second kappa shape index (κ2) is 8.21. The van der Waals surface area contributed by atoms with Crippen molar-refractivity contribution in [2.45, 2.75) is 6.61 Å². The van der Waals surface area contributed by atoms with Crippen LogP contribution in [-0.4, -0.2) is 12.1 Å². The number of halogens is 1. The van der Waals surface area contributed by atoms with Crippen LogP contribution in [-0.2, 0) is 6.61 Å². The lowest BCUT2D eigenvalue weighted by Crippen LogP contribution is -2.16. The van der Waals surface area contributed by atoms with E-state index < -0.39 is 0 Å². The molecule has 0 spiro atoms. The van der Waals surface area contributed by atoms with Gasteiger partial charge in [-0.3, -0.25) is 4.79 Å². The first-order valence-electron chi connectivity index (χ1n) is 7.55. The van der Waals surface area contributed by atoms with Crippen LogP contribution in [0.15, 0.2) is 71.1 Å². The lowest BCUT2D eigenvalue weighted by atomic mass is 10.2. The Hall–Kier alpha value is -2.99. The van der Waals surface area contributed by atoms with Gasteiger partial charge in [-0.25, -0.2) is 9.82 Å². The molecule has 0 bridgehead atoms. The molecule has 0 unspecified atom stereocenters. The minimum atomic E-state index is -0.265. The van der Waals surface area contributed by atoms with E-state index in [0.29, 0.717) is 17.2 Å². The van der Waals surface area contributed by atoms with Gasteiger partial charge in [0, 0.05) is 0 Å². The van der Waals surface area contributed by atoms with Crippen molar-refractivity contribution in [3.8, 4) is 5.75 Å².